The summed E-state index contributed by atoms with van der Waals surface area (Å²) in [6.07, 6.45) is -2.42. The number of carboxylic acids is 1. The van der Waals surface area contributed by atoms with E-state index < -0.39 is 23.5 Å². The average molecular weight is 279 g/mol. The number of halogens is 3. The van der Waals surface area contributed by atoms with Crippen molar-refractivity contribution in [1.82, 2.24) is 4.90 Å². The van der Waals surface area contributed by atoms with E-state index >= 15 is 0 Å². The molecule has 19 heavy (non-hydrogen) atoms. The number of aliphatic carboxylic acids is 1. The SMILES string of the molecule is C=CCCC1(C(=O)O)CCN(C(=O)C(F)(F)F)CC1. The van der Waals surface area contributed by atoms with E-state index in [0.717, 1.165) is 0 Å². The second-order valence-corrected chi connectivity index (χ2v) is 4.70. The standard InChI is InChI=1S/C12H16F3NO3/c1-2-3-4-11(10(18)19)5-7-16(8-6-11)9(17)12(13,14)15/h2H,1,3-8H2,(H,18,19). The fourth-order valence-electron chi connectivity index (χ4n) is 2.27. The lowest BCUT2D eigenvalue weighted by Gasteiger charge is -2.38. The van der Waals surface area contributed by atoms with Crippen LogP contribution < -0.4 is 0 Å². The molecule has 1 heterocycles. The molecule has 0 saturated carbocycles. The van der Waals surface area contributed by atoms with Gasteiger partial charge in [0.15, 0.2) is 0 Å². The quantitative estimate of drug-likeness (QED) is 0.803. The van der Waals surface area contributed by atoms with Crippen molar-refractivity contribution in [3.8, 4) is 0 Å². The van der Waals surface area contributed by atoms with E-state index in [4.69, 9.17) is 0 Å². The van der Waals surface area contributed by atoms with Gasteiger partial charge in [0.25, 0.3) is 0 Å². The third-order valence-corrected chi connectivity index (χ3v) is 3.53. The molecule has 0 aromatic heterocycles. The Morgan fingerprint density at radius 2 is 1.84 bits per heavy atom. The number of carbonyl (C=O) groups is 2. The Bertz CT molecular complexity index is 371. The molecule has 1 aliphatic rings. The Balaban J connectivity index is 2.70. The summed E-state index contributed by atoms with van der Waals surface area (Å²) in [6, 6.07) is 0. The Morgan fingerprint density at radius 3 is 2.21 bits per heavy atom. The number of piperidine rings is 1. The Morgan fingerprint density at radius 1 is 1.32 bits per heavy atom. The van der Waals surface area contributed by atoms with Crippen LogP contribution in [0, 0.1) is 5.41 Å². The zero-order chi connectivity index (χ0) is 14.7. The molecular formula is C12H16F3NO3. The maximum atomic E-state index is 12.3. The van der Waals surface area contributed by atoms with E-state index in [-0.39, 0.29) is 25.9 Å². The zero-order valence-corrected chi connectivity index (χ0v) is 10.4. The Labute approximate surface area is 108 Å². The highest BCUT2D eigenvalue weighted by atomic mass is 19.4. The average Bonchev–Trinajstić information content (AvgIpc) is 2.34. The van der Waals surface area contributed by atoms with Crippen LogP contribution in [0.15, 0.2) is 12.7 Å². The van der Waals surface area contributed by atoms with Gasteiger partial charge in [-0.2, -0.15) is 13.2 Å². The van der Waals surface area contributed by atoms with Crippen LogP contribution in [0.4, 0.5) is 13.2 Å². The van der Waals surface area contributed by atoms with Crippen LogP contribution in [0.25, 0.3) is 0 Å². The number of amides is 1. The van der Waals surface area contributed by atoms with Crippen molar-refractivity contribution in [3.63, 3.8) is 0 Å². The van der Waals surface area contributed by atoms with E-state index in [9.17, 15) is 27.9 Å². The third kappa shape index (κ3) is 3.48. The minimum atomic E-state index is -4.90. The second kappa shape index (κ2) is 5.63. The van der Waals surface area contributed by atoms with Crippen molar-refractivity contribution in [2.45, 2.75) is 31.9 Å². The topological polar surface area (TPSA) is 57.6 Å². The summed E-state index contributed by atoms with van der Waals surface area (Å²) < 4.78 is 36.8. The Hall–Kier alpha value is -1.53. The molecule has 0 aliphatic carbocycles. The van der Waals surface area contributed by atoms with E-state index in [1.807, 2.05) is 0 Å². The van der Waals surface area contributed by atoms with Gasteiger partial charge in [-0.05, 0) is 25.7 Å². The number of carboxylic acid groups (broad SMARTS) is 1. The molecule has 1 aliphatic heterocycles. The molecule has 0 aromatic carbocycles. The summed E-state index contributed by atoms with van der Waals surface area (Å²) in [4.78, 5) is 23.0. The third-order valence-electron chi connectivity index (χ3n) is 3.53. The largest absolute Gasteiger partial charge is 0.481 e. The van der Waals surface area contributed by atoms with Crippen molar-refractivity contribution >= 4 is 11.9 Å². The summed E-state index contributed by atoms with van der Waals surface area (Å²) in [5, 5.41) is 9.24. The highest BCUT2D eigenvalue weighted by Crippen LogP contribution is 2.37. The maximum Gasteiger partial charge on any atom is 0.471 e. The lowest BCUT2D eigenvalue weighted by atomic mass is 9.75. The summed E-state index contributed by atoms with van der Waals surface area (Å²) in [7, 11) is 0. The van der Waals surface area contributed by atoms with Crippen LogP contribution in [0.5, 0.6) is 0 Å². The van der Waals surface area contributed by atoms with Crippen LogP contribution in [0.3, 0.4) is 0 Å². The van der Waals surface area contributed by atoms with Crippen molar-refractivity contribution in [3.05, 3.63) is 12.7 Å². The molecular weight excluding hydrogens is 263 g/mol. The molecule has 7 heteroatoms. The zero-order valence-electron chi connectivity index (χ0n) is 10.4. The summed E-state index contributed by atoms with van der Waals surface area (Å²) in [5.74, 6) is -2.91. The van der Waals surface area contributed by atoms with Gasteiger partial charge in [-0.25, -0.2) is 0 Å². The molecule has 0 radical (unpaired) electrons. The first-order chi connectivity index (χ1) is 8.73. The van der Waals surface area contributed by atoms with Crippen LogP contribution in [0.1, 0.15) is 25.7 Å². The number of allylic oxidation sites excluding steroid dienone is 1. The number of likely N-dealkylation sites (tertiary alicyclic amines) is 1. The van der Waals surface area contributed by atoms with Crippen LogP contribution >= 0.6 is 0 Å². The van der Waals surface area contributed by atoms with Gasteiger partial charge in [0, 0.05) is 13.1 Å². The molecule has 1 fully saturated rings. The predicted molar refractivity (Wildman–Crippen MR) is 61.4 cm³/mol. The summed E-state index contributed by atoms with van der Waals surface area (Å²) >= 11 is 0. The number of alkyl halides is 3. The van der Waals surface area contributed by atoms with Crippen molar-refractivity contribution in [2.24, 2.45) is 5.41 Å². The molecule has 108 valence electrons. The second-order valence-electron chi connectivity index (χ2n) is 4.70. The Kier molecular flexibility index (Phi) is 4.60. The van der Waals surface area contributed by atoms with Gasteiger partial charge in [-0.15, -0.1) is 6.58 Å². The molecule has 1 saturated heterocycles. The number of rotatable bonds is 4. The summed E-state index contributed by atoms with van der Waals surface area (Å²) in [6.45, 7) is 3.15. The fraction of sp³-hybridized carbons (Fsp3) is 0.667. The molecule has 0 bridgehead atoms. The molecule has 1 N–H and O–H groups in total. The van der Waals surface area contributed by atoms with Gasteiger partial charge in [-0.1, -0.05) is 6.08 Å². The van der Waals surface area contributed by atoms with Crippen molar-refractivity contribution in [2.75, 3.05) is 13.1 Å². The van der Waals surface area contributed by atoms with Crippen LogP contribution in [-0.4, -0.2) is 41.1 Å². The normalized spacial score (nSPS) is 19.0. The number of hydrogen-bond donors (Lipinski definition) is 1. The minimum absolute atomic E-state index is 0.0397. The van der Waals surface area contributed by atoms with E-state index in [1.54, 1.807) is 6.08 Å². The van der Waals surface area contributed by atoms with Gasteiger partial charge >= 0.3 is 18.1 Å². The molecule has 0 unspecified atom stereocenters. The van der Waals surface area contributed by atoms with Crippen LogP contribution in [-0.2, 0) is 9.59 Å². The van der Waals surface area contributed by atoms with Gasteiger partial charge in [-0.3, -0.25) is 9.59 Å². The number of nitrogens with zero attached hydrogens (tertiary/aromatic N) is 1. The highest BCUT2D eigenvalue weighted by molar-refractivity contribution is 5.82. The van der Waals surface area contributed by atoms with Gasteiger partial charge < -0.3 is 10.0 Å². The molecule has 1 rings (SSSR count). The van der Waals surface area contributed by atoms with Crippen LogP contribution in [0.2, 0.25) is 0 Å². The van der Waals surface area contributed by atoms with Gasteiger partial charge in [0.2, 0.25) is 0 Å². The first-order valence-electron chi connectivity index (χ1n) is 5.93. The predicted octanol–water partition coefficient (Wildman–Crippen LogP) is 2.21. The van der Waals surface area contributed by atoms with E-state index in [1.165, 1.54) is 0 Å². The minimum Gasteiger partial charge on any atom is -0.481 e. The molecule has 1 amide bonds. The lowest BCUT2D eigenvalue weighted by molar-refractivity contribution is -0.188. The molecule has 0 aromatic rings. The molecule has 0 atom stereocenters. The monoisotopic (exact) mass is 279 g/mol. The first kappa shape index (κ1) is 15.5. The van der Waals surface area contributed by atoms with Crippen molar-refractivity contribution in [1.29, 1.82) is 0 Å². The first-order valence-corrected chi connectivity index (χ1v) is 5.93. The van der Waals surface area contributed by atoms with Gasteiger partial charge in [0.05, 0.1) is 5.41 Å². The molecule has 4 nitrogen and oxygen atoms in total. The van der Waals surface area contributed by atoms with Crippen molar-refractivity contribution < 1.29 is 27.9 Å². The lowest BCUT2D eigenvalue weighted by Crippen LogP contribution is -2.50. The number of hydrogen-bond acceptors (Lipinski definition) is 2. The van der Waals surface area contributed by atoms with E-state index in [0.29, 0.717) is 17.7 Å². The van der Waals surface area contributed by atoms with E-state index in [2.05, 4.69) is 6.58 Å². The fourth-order valence-corrected chi connectivity index (χ4v) is 2.27. The smallest absolute Gasteiger partial charge is 0.471 e. The maximum absolute atomic E-state index is 12.3. The van der Waals surface area contributed by atoms with Gasteiger partial charge in [0.1, 0.15) is 0 Å². The summed E-state index contributed by atoms with van der Waals surface area (Å²) in [5.41, 5.74) is -1.05. The number of carbonyl (C=O) groups excluding carboxylic acids is 1. The highest BCUT2D eigenvalue weighted by Gasteiger charge is 2.47. The molecule has 0 spiro atoms.